The number of likely N-dealkylation sites (N-methyl/N-ethyl adjacent to an activating group) is 1. The van der Waals surface area contributed by atoms with E-state index in [0.717, 1.165) is 34.9 Å². The third kappa shape index (κ3) is 2.22. The lowest BCUT2D eigenvalue weighted by molar-refractivity contribution is -0.117. The third-order valence-corrected chi connectivity index (χ3v) is 3.93. The molecule has 0 unspecified atom stereocenters. The molecule has 1 aliphatic heterocycles. The Morgan fingerprint density at radius 3 is 2.50 bits per heavy atom. The molecule has 2 aromatic rings. The number of carbonyl (C=O) groups is 1. The molecule has 0 atom stereocenters. The summed E-state index contributed by atoms with van der Waals surface area (Å²) in [5.41, 5.74) is 4.58. The number of aliphatic imine (C=N–C) groups is 1. The molecule has 1 aromatic heterocycles. The lowest BCUT2D eigenvalue weighted by Gasteiger charge is -2.19. The van der Waals surface area contributed by atoms with E-state index in [1.54, 1.807) is 4.90 Å². The quantitative estimate of drug-likeness (QED) is 0.873. The minimum atomic E-state index is 0.0217. The average molecular weight is 296 g/mol. The van der Waals surface area contributed by atoms with Crippen LogP contribution in [0.15, 0.2) is 35.3 Å². The summed E-state index contributed by atoms with van der Waals surface area (Å²) in [6.07, 6.45) is 0. The van der Waals surface area contributed by atoms with Gasteiger partial charge in [-0.25, -0.2) is 0 Å². The molecule has 1 aromatic carbocycles. The van der Waals surface area contributed by atoms with E-state index in [2.05, 4.69) is 17.0 Å². The Hall–Kier alpha value is -2.43. The van der Waals surface area contributed by atoms with Gasteiger partial charge in [0.05, 0.1) is 17.1 Å². The van der Waals surface area contributed by atoms with Crippen LogP contribution >= 0.6 is 0 Å². The molecule has 0 saturated heterocycles. The van der Waals surface area contributed by atoms with Crippen LogP contribution in [0.2, 0.25) is 0 Å². The van der Waals surface area contributed by atoms with Gasteiger partial charge in [-0.2, -0.15) is 5.10 Å². The number of carbonyl (C=O) groups excluding carboxylic acids is 1. The lowest BCUT2D eigenvalue weighted by Crippen LogP contribution is -2.32. The Balaban J connectivity index is 2.27. The van der Waals surface area contributed by atoms with Gasteiger partial charge in [-0.1, -0.05) is 30.3 Å². The molecule has 114 valence electrons. The van der Waals surface area contributed by atoms with Crippen LogP contribution in [0.3, 0.4) is 0 Å². The highest BCUT2D eigenvalue weighted by atomic mass is 16.2. The van der Waals surface area contributed by atoms with Crippen molar-refractivity contribution in [1.82, 2.24) is 9.78 Å². The topological polar surface area (TPSA) is 50.5 Å². The molecule has 5 heteroatoms. The van der Waals surface area contributed by atoms with Gasteiger partial charge in [0, 0.05) is 18.7 Å². The maximum Gasteiger partial charge on any atom is 0.248 e. The van der Waals surface area contributed by atoms with E-state index in [0.29, 0.717) is 6.54 Å². The smallest absolute Gasteiger partial charge is 0.248 e. The fourth-order valence-corrected chi connectivity index (χ4v) is 2.95. The number of aromatic nitrogens is 2. The molecule has 0 fully saturated rings. The second-order valence-electron chi connectivity index (χ2n) is 5.27. The Labute approximate surface area is 130 Å². The highest BCUT2D eigenvalue weighted by Gasteiger charge is 2.30. The molecule has 1 amide bonds. The van der Waals surface area contributed by atoms with Crippen LogP contribution < -0.4 is 4.90 Å². The maximum atomic E-state index is 12.4. The molecule has 0 spiro atoms. The van der Waals surface area contributed by atoms with E-state index >= 15 is 0 Å². The lowest BCUT2D eigenvalue weighted by atomic mass is 10.1. The molecule has 0 saturated carbocycles. The highest BCUT2D eigenvalue weighted by Crippen LogP contribution is 2.30. The molecule has 0 aliphatic carbocycles. The second-order valence-corrected chi connectivity index (χ2v) is 5.27. The molecule has 1 aliphatic rings. The van der Waals surface area contributed by atoms with E-state index in [1.807, 2.05) is 48.9 Å². The summed E-state index contributed by atoms with van der Waals surface area (Å²) in [4.78, 5) is 18.8. The van der Waals surface area contributed by atoms with Gasteiger partial charge < -0.3 is 4.90 Å². The van der Waals surface area contributed by atoms with Gasteiger partial charge in [0.25, 0.3) is 0 Å². The Morgan fingerprint density at radius 2 is 1.86 bits per heavy atom. The Kier molecular flexibility index (Phi) is 3.79. The van der Waals surface area contributed by atoms with Crippen LogP contribution in [-0.4, -0.2) is 34.5 Å². The zero-order chi connectivity index (χ0) is 15.7. The summed E-state index contributed by atoms with van der Waals surface area (Å²) in [6.45, 7) is 7.54. The minimum absolute atomic E-state index is 0.0217. The van der Waals surface area contributed by atoms with Gasteiger partial charge in [0.15, 0.2) is 0 Å². The van der Waals surface area contributed by atoms with Gasteiger partial charge in [-0.15, -0.1) is 0 Å². The van der Waals surface area contributed by atoms with Crippen LogP contribution in [0.4, 0.5) is 5.69 Å². The summed E-state index contributed by atoms with van der Waals surface area (Å²) in [5.74, 6) is 0.0217. The molecule has 0 radical (unpaired) electrons. The van der Waals surface area contributed by atoms with Crippen molar-refractivity contribution in [2.45, 2.75) is 27.3 Å². The molecule has 0 N–H and O–H groups in total. The number of hydrogen-bond acceptors (Lipinski definition) is 3. The van der Waals surface area contributed by atoms with E-state index in [1.165, 1.54) is 0 Å². The number of rotatable bonds is 3. The number of hydrogen-bond donors (Lipinski definition) is 0. The van der Waals surface area contributed by atoms with Gasteiger partial charge in [0.2, 0.25) is 5.91 Å². The summed E-state index contributed by atoms with van der Waals surface area (Å²) in [5, 5.41) is 4.60. The predicted octanol–water partition coefficient (Wildman–Crippen LogP) is 2.42. The Bertz CT molecular complexity index is 731. The number of amides is 1. The van der Waals surface area contributed by atoms with Crippen molar-refractivity contribution in [2.24, 2.45) is 4.99 Å². The van der Waals surface area contributed by atoms with Crippen molar-refractivity contribution in [1.29, 1.82) is 0 Å². The summed E-state index contributed by atoms with van der Waals surface area (Å²) in [6, 6.07) is 10.0. The molecule has 2 heterocycles. The molecular formula is C17H20N4O. The summed E-state index contributed by atoms with van der Waals surface area (Å²) < 4.78 is 1.94. The predicted molar refractivity (Wildman–Crippen MR) is 87.6 cm³/mol. The van der Waals surface area contributed by atoms with Crippen molar-refractivity contribution >= 4 is 17.3 Å². The van der Waals surface area contributed by atoms with Gasteiger partial charge in [-0.3, -0.25) is 14.5 Å². The van der Waals surface area contributed by atoms with Gasteiger partial charge >= 0.3 is 0 Å². The van der Waals surface area contributed by atoms with Crippen molar-refractivity contribution in [3.05, 3.63) is 47.3 Å². The van der Waals surface area contributed by atoms with E-state index in [-0.39, 0.29) is 12.5 Å². The van der Waals surface area contributed by atoms with E-state index in [4.69, 9.17) is 0 Å². The molecule has 22 heavy (non-hydrogen) atoms. The van der Waals surface area contributed by atoms with Crippen molar-refractivity contribution < 1.29 is 4.79 Å². The number of anilines is 1. The van der Waals surface area contributed by atoms with Crippen LogP contribution in [0.25, 0.3) is 0 Å². The average Bonchev–Trinajstić information content (AvgIpc) is 2.78. The van der Waals surface area contributed by atoms with E-state index < -0.39 is 0 Å². The molecule has 5 nitrogen and oxygen atoms in total. The fourth-order valence-electron chi connectivity index (χ4n) is 2.95. The second kappa shape index (κ2) is 5.75. The van der Waals surface area contributed by atoms with Crippen molar-refractivity contribution in [2.75, 3.05) is 18.0 Å². The summed E-state index contributed by atoms with van der Waals surface area (Å²) >= 11 is 0. The van der Waals surface area contributed by atoms with Crippen molar-refractivity contribution in [3.63, 3.8) is 0 Å². The number of nitrogens with zero attached hydrogens (tertiary/aromatic N) is 4. The normalized spacial score (nSPS) is 14.6. The van der Waals surface area contributed by atoms with Gasteiger partial charge in [0.1, 0.15) is 12.2 Å². The third-order valence-electron chi connectivity index (χ3n) is 3.93. The summed E-state index contributed by atoms with van der Waals surface area (Å²) in [7, 11) is 0. The number of aryl methyl sites for hydroxylation is 2. The van der Waals surface area contributed by atoms with Crippen LogP contribution in [0, 0.1) is 6.92 Å². The molecule has 0 bridgehead atoms. The largest absolute Gasteiger partial charge is 0.307 e. The van der Waals surface area contributed by atoms with Crippen molar-refractivity contribution in [3.8, 4) is 0 Å². The van der Waals surface area contributed by atoms with Gasteiger partial charge in [-0.05, 0) is 20.8 Å². The molecule has 3 rings (SSSR count). The zero-order valence-electron chi connectivity index (χ0n) is 13.2. The first-order chi connectivity index (χ1) is 10.7. The maximum absolute atomic E-state index is 12.4. The van der Waals surface area contributed by atoms with Crippen LogP contribution in [-0.2, 0) is 11.3 Å². The highest BCUT2D eigenvalue weighted by molar-refractivity contribution is 6.19. The fraction of sp³-hybridized carbons (Fsp3) is 0.353. The minimum Gasteiger partial charge on any atom is -0.307 e. The monoisotopic (exact) mass is 296 g/mol. The van der Waals surface area contributed by atoms with Crippen LogP contribution in [0.1, 0.15) is 30.8 Å². The standard InChI is InChI=1S/C17H20N4O/c1-4-20-14(22)11-18-15(13-9-7-6-8-10-13)17-16(20)12(3)19-21(17)5-2/h6-10H,4-5,11H2,1-3H3. The zero-order valence-corrected chi connectivity index (χ0v) is 13.2. The first kappa shape index (κ1) is 14.5. The Morgan fingerprint density at radius 1 is 1.14 bits per heavy atom. The number of benzene rings is 1. The van der Waals surface area contributed by atoms with E-state index in [9.17, 15) is 4.79 Å². The molecular weight excluding hydrogens is 276 g/mol. The number of fused-ring (bicyclic) bond motifs is 1. The van der Waals surface area contributed by atoms with Crippen LogP contribution in [0.5, 0.6) is 0 Å². The first-order valence-corrected chi connectivity index (χ1v) is 7.65. The SMILES string of the molecule is CCN1C(=O)CN=C(c2ccccc2)c2c1c(C)nn2CC. The first-order valence-electron chi connectivity index (χ1n) is 7.65.